The van der Waals surface area contributed by atoms with Gasteiger partial charge in [-0.1, -0.05) is 0 Å². The summed E-state index contributed by atoms with van der Waals surface area (Å²) in [5.41, 5.74) is 6.49. The third-order valence-electron chi connectivity index (χ3n) is 3.61. The molecule has 0 bridgehead atoms. The Hall–Kier alpha value is -1.64. The molecule has 0 spiro atoms. The molecule has 23 heavy (non-hydrogen) atoms. The topological polar surface area (TPSA) is 96.7 Å². The summed E-state index contributed by atoms with van der Waals surface area (Å²) in [7, 11) is 3.86. The first-order chi connectivity index (χ1) is 10.7. The van der Waals surface area contributed by atoms with Crippen LogP contribution < -0.4 is 16.4 Å². The van der Waals surface area contributed by atoms with Gasteiger partial charge in [0.05, 0.1) is 17.8 Å². The molecule has 0 aromatic carbocycles. The van der Waals surface area contributed by atoms with E-state index >= 15 is 0 Å². The Morgan fingerprint density at radius 2 is 2.09 bits per heavy atom. The molecule has 128 valence electrons. The summed E-state index contributed by atoms with van der Waals surface area (Å²) in [5.74, 6) is -0.524. The molecule has 1 aromatic heterocycles. The second-order valence-electron chi connectivity index (χ2n) is 6.48. The highest BCUT2D eigenvalue weighted by molar-refractivity contribution is 7.17. The van der Waals surface area contributed by atoms with Gasteiger partial charge in [0, 0.05) is 24.4 Å². The Kier molecular flexibility index (Phi) is 5.28. The lowest BCUT2D eigenvalue weighted by Crippen LogP contribution is -2.35. The highest BCUT2D eigenvalue weighted by Crippen LogP contribution is 2.40. The number of amides is 3. The molecule has 0 radical (unpaired) electrons. The van der Waals surface area contributed by atoms with Gasteiger partial charge in [-0.3, -0.25) is 10.1 Å². The standard InChI is InChI=1S/C15H24N4O3S/c1-15(2)7-9-10(8-22-15)23-13(11(9)12(16)20)18-14(21)17-5-6-19(3)4/h5-8H2,1-4H3,(H2,16,20)(H2,17,18,21). The van der Waals surface area contributed by atoms with Crippen LogP contribution in [0.1, 0.15) is 34.6 Å². The zero-order valence-corrected chi connectivity index (χ0v) is 14.8. The lowest BCUT2D eigenvalue weighted by molar-refractivity contribution is -0.0383. The third kappa shape index (κ3) is 4.43. The van der Waals surface area contributed by atoms with Crippen molar-refractivity contribution >= 4 is 28.3 Å². The molecule has 3 amide bonds. The van der Waals surface area contributed by atoms with Crippen molar-refractivity contribution in [3.63, 3.8) is 0 Å². The van der Waals surface area contributed by atoms with Crippen molar-refractivity contribution in [2.45, 2.75) is 32.5 Å². The second kappa shape index (κ2) is 6.86. The zero-order chi connectivity index (χ0) is 17.2. The molecule has 0 aliphatic carbocycles. The van der Waals surface area contributed by atoms with Crippen molar-refractivity contribution in [1.82, 2.24) is 10.2 Å². The van der Waals surface area contributed by atoms with Crippen LogP contribution >= 0.6 is 11.3 Å². The van der Waals surface area contributed by atoms with E-state index in [0.29, 0.717) is 30.1 Å². The van der Waals surface area contributed by atoms with Crippen LogP contribution in [0.25, 0.3) is 0 Å². The molecule has 0 fully saturated rings. The van der Waals surface area contributed by atoms with Gasteiger partial charge in [0.1, 0.15) is 5.00 Å². The smallest absolute Gasteiger partial charge is 0.319 e. The fourth-order valence-electron chi connectivity index (χ4n) is 2.44. The first-order valence-corrected chi connectivity index (χ1v) is 8.29. The Morgan fingerprint density at radius 3 is 2.70 bits per heavy atom. The maximum atomic E-state index is 12.0. The summed E-state index contributed by atoms with van der Waals surface area (Å²) in [6.45, 7) is 5.63. The Labute approximate surface area is 140 Å². The lowest BCUT2D eigenvalue weighted by atomic mass is 9.93. The highest BCUT2D eigenvalue weighted by Gasteiger charge is 2.33. The number of fused-ring (bicyclic) bond motifs is 1. The normalized spacial score (nSPS) is 16.0. The van der Waals surface area contributed by atoms with Crippen LogP contribution in [-0.4, -0.2) is 49.6 Å². The molecule has 7 nitrogen and oxygen atoms in total. The second-order valence-corrected chi connectivity index (χ2v) is 7.59. The minimum atomic E-state index is -0.524. The number of primary amides is 1. The number of likely N-dealkylation sites (N-methyl/N-ethyl adjacent to an activating group) is 1. The van der Waals surface area contributed by atoms with Crippen LogP contribution in [0, 0.1) is 0 Å². The number of thiophene rings is 1. The monoisotopic (exact) mass is 340 g/mol. The van der Waals surface area contributed by atoms with E-state index in [-0.39, 0.29) is 11.6 Å². The summed E-state index contributed by atoms with van der Waals surface area (Å²) < 4.78 is 5.76. The number of nitrogens with zero attached hydrogens (tertiary/aromatic N) is 1. The van der Waals surface area contributed by atoms with E-state index < -0.39 is 5.91 Å². The van der Waals surface area contributed by atoms with Gasteiger partial charge in [-0.15, -0.1) is 11.3 Å². The minimum Gasteiger partial charge on any atom is -0.370 e. The van der Waals surface area contributed by atoms with Crippen molar-refractivity contribution in [3.05, 3.63) is 16.0 Å². The third-order valence-corrected chi connectivity index (χ3v) is 4.73. The predicted octanol–water partition coefficient (Wildman–Crippen LogP) is 1.38. The number of hydrogen-bond acceptors (Lipinski definition) is 5. The van der Waals surface area contributed by atoms with Gasteiger partial charge in [-0.25, -0.2) is 4.79 Å². The number of hydrogen-bond donors (Lipinski definition) is 3. The van der Waals surface area contributed by atoms with E-state index in [4.69, 9.17) is 10.5 Å². The number of urea groups is 1. The van der Waals surface area contributed by atoms with Crippen molar-refractivity contribution < 1.29 is 14.3 Å². The molecule has 1 aliphatic rings. The lowest BCUT2D eigenvalue weighted by Gasteiger charge is -2.30. The van der Waals surface area contributed by atoms with Crippen LogP contribution in [-0.2, 0) is 17.8 Å². The van der Waals surface area contributed by atoms with Gasteiger partial charge in [-0.05, 0) is 33.5 Å². The number of nitrogens with one attached hydrogen (secondary N) is 2. The van der Waals surface area contributed by atoms with Gasteiger partial charge in [-0.2, -0.15) is 0 Å². The molecule has 4 N–H and O–H groups in total. The highest BCUT2D eigenvalue weighted by atomic mass is 32.1. The molecule has 8 heteroatoms. The molecule has 1 aromatic rings. The summed E-state index contributed by atoms with van der Waals surface area (Å²) in [5, 5.41) is 5.99. The number of carbonyl (C=O) groups excluding carboxylic acids is 2. The molecular weight excluding hydrogens is 316 g/mol. The van der Waals surface area contributed by atoms with Crippen molar-refractivity contribution in [3.8, 4) is 0 Å². The van der Waals surface area contributed by atoms with E-state index in [0.717, 1.165) is 17.0 Å². The maximum Gasteiger partial charge on any atom is 0.319 e. The first-order valence-electron chi connectivity index (χ1n) is 7.47. The van der Waals surface area contributed by atoms with E-state index in [1.54, 1.807) is 0 Å². The largest absolute Gasteiger partial charge is 0.370 e. The van der Waals surface area contributed by atoms with Gasteiger partial charge in [0.15, 0.2) is 0 Å². The average Bonchev–Trinajstić information content (AvgIpc) is 2.73. The molecule has 2 rings (SSSR count). The van der Waals surface area contributed by atoms with Crippen LogP contribution in [0.2, 0.25) is 0 Å². The Morgan fingerprint density at radius 1 is 1.39 bits per heavy atom. The van der Waals surface area contributed by atoms with Crippen molar-refractivity contribution in [2.75, 3.05) is 32.5 Å². The number of carbonyl (C=O) groups is 2. The fraction of sp³-hybridized carbons (Fsp3) is 0.600. The molecule has 0 saturated heterocycles. The van der Waals surface area contributed by atoms with Crippen LogP contribution in [0.3, 0.4) is 0 Å². The summed E-state index contributed by atoms with van der Waals surface area (Å²) >= 11 is 1.35. The zero-order valence-electron chi connectivity index (χ0n) is 14.0. The van der Waals surface area contributed by atoms with Crippen molar-refractivity contribution in [1.29, 1.82) is 0 Å². The minimum absolute atomic E-state index is 0.340. The molecule has 1 aliphatic heterocycles. The molecular formula is C15H24N4O3S. The summed E-state index contributed by atoms with van der Waals surface area (Å²) in [6, 6.07) is -0.340. The van der Waals surface area contributed by atoms with Crippen LogP contribution in [0.5, 0.6) is 0 Å². The fourth-order valence-corrected chi connectivity index (χ4v) is 3.57. The quantitative estimate of drug-likeness (QED) is 0.754. The van der Waals surface area contributed by atoms with Gasteiger partial charge >= 0.3 is 6.03 Å². The number of rotatable bonds is 5. The first kappa shape index (κ1) is 17.7. The van der Waals surface area contributed by atoms with E-state index in [1.807, 2.05) is 32.8 Å². The SMILES string of the molecule is CN(C)CCNC(=O)Nc1sc2c(c1C(N)=O)CC(C)(C)OC2. The molecule has 0 saturated carbocycles. The molecule has 2 heterocycles. The van der Waals surface area contributed by atoms with Crippen LogP contribution in [0.4, 0.5) is 9.80 Å². The number of anilines is 1. The predicted molar refractivity (Wildman–Crippen MR) is 91.0 cm³/mol. The summed E-state index contributed by atoms with van der Waals surface area (Å²) in [6.07, 6.45) is 0.598. The summed E-state index contributed by atoms with van der Waals surface area (Å²) in [4.78, 5) is 26.8. The molecule has 0 unspecified atom stereocenters. The van der Waals surface area contributed by atoms with E-state index in [9.17, 15) is 9.59 Å². The van der Waals surface area contributed by atoms with Gasteiger partial charge in [0.25, 0.3) is 5.91 Å². The number of ether oxygens (including phenoxy) is 1. The van der Waals surface area contributed by atoms with Gasteiger partial charge in [0.2, 0.25) is 0 Å². The number of nitrogens with two attached hydrogens (primary N) is 1. The molecule has 0 atom stereocenters. The van der Waals surface area contributed by atoms with Crippen LogP contribution in [0.15, 0.2) is 0 Å². The maximum absolute atomic E-state index is 12.0. The average molecular weight is 340 g/mol. The Balaban J connectivity index is 2.15. The van der Waals surface area contributed by atoms with Crippen molar-refractivity contribution in [2.24, 2.45) is 5.73 Å². The van der Waals surface area contributed by atoms with Gasteiger partial charge < -0.3 is 20.7 Å². The Bertz CT molecular complexity index is 610. The van der Waals surface area contributed by atoms with E-state index in [2.05, 4.69) is 10.6 Å². The van der Waals surface area contributed by atoms with E-state index in [1.165, 1.54) is 11.3 Å².